The van der Waals surface area contributed by atoms with Gasteiger partial charge in [-0.2, -0.15) is 0 Å². The lowest BCUT2D eigenvalue weighted by Crippen LogP contribution is -2.34. The Morgan fingerprint density at radius 1 is 1.00 bits per heavy atom. The molecule has 0 radical (unpaired) electrons. The number of furan rings is 1. The standard InChI is InChI=1S/C23H22N2O4/c1-2-28-19-12-10-17(11-13-19)16-24-23(27)21(15-20-9-6-14-29-20)25-22(26)18-7-4-3-5-8-18/h3-15H,2,16H2,1H3,(H,24,27)(H,25,26)/b21-15-. The van der Waals surface area contributed by atoms with E-state index in [1.807, 2.05) is 37.3 Å². The van der Waals surface area contributed by atoms with Gasteiger partial charge >= 0.3 is 0 Å². The van der Waals surface area contributed by atoms with Gasteiger partial charge in [0.05, 0.1) is 12.9 Å². The summed E-state index contributed by atoms with van der Waals surface area (Å²) >= 11 is 0. The molecule has 0 saturated heterocycles. The molecule has 6 nitrogen and oxygen atoms in total. The molecule has 0 unspecified atom stereocenters. The van der Waals surface area contributed by atoms with Gasteiger partial charge in [0.25, 0.3) is 11.8 Å². The van der Waals surface area contributed by atoms with Gasteiger partial charge in [-0.25, -0.2) is 0 Å². The lowest BCUT2D eigenvalue weighted by atomic mass is 10.2. The Bertz CT molecular complexity index is 962. The first kappa shape index (κ1) is 19.9. The predicted octanol–water partition coefficient (Wildman–Crippen LogP) is 3.77. The quantitative estimate of drug-likeness (QED) is 0.574. The summed E-state index contributed by atoms with van der Waals surface area (Å²) in [6.07, 6.45) is 2.99. The van der Waals surface area contributed by atoms with Gasteiger partial charge < -0.3 is 19.8 Å². The number of nitrogens with one attached hydrogen (secondary N) is 2. The van der Waals surface area contributed by atoms with E-state index in [0.717, 1.165) is 11.3 Å². The van der Waals surface area contributed by atoms with E-state index in [1.54, 1.807) is 36.4 Å². The minimum Gasteiger partial charge on any atom is -0.494 e. The van der Waals surface area contributed by atoms with Gasteiger partial charge in [-0.05, 0) is 48.9 Å². The molecule has 29 heavy (non-hydrogen) atoms. The fourth-order valence-corrected chi connectivity index (χ4v) is 2.61. The van der Waals surface area contributed by atoms with Crippen molar-refractivity contribution in [3.63, 3.8) is 0 Å². The van der Waals surface area contributed by atoms with Gasteiger partial charge in [0.1, 0.15) is 17.2 Å². The average Bonchev–Trinajstić information content (AvgIpc) is 3.26. The van der Waals surface area contributed by atoms with Crippen LogP contribution in [0.2, 0.25) is 0 Å². The lowest BCUT2D eigenvalue weighted by Gasteiger charge is -2.11. The molecule has 148 valence electrons. The first-order valence-electron chi connectivity index (χ1n) is 9.27. The number of carbonyl (C=O) groups excluding carboxylic acids is 2. The molecule has 0 bridgehead atoms. The highest BCUT2D eigenvalue weighted by molar-refractivity contribution is 6.05. The van der Waals surface area contributed by atoms with Crippen molar-refractivity contribution < 1.29 is 18.7 Å². The van der Waals surface area contributed by atoms with E-state index in [1.165, 1.54) is 12.3 Å². The third-order valence-electron chi connectivity index (χ3n) is 4.05. The third-order valence-corrected chi connectivity index (χ3v) is 4.05. The average molecular weight is 390 g/mol. The first-order chi connectivity index (χ1) is 14.2. The number of amides is 2. The Balaban J connectivity index is 1.70. The number of carbonyl (C=O) groups is 2. The molecule has 0 aliphatic rings. The summed E-state index contributed by atoms with van der Waals surface area (Å²) in [4.78, 5) is 25.2. The Hall–Kier alpha value is -3.80. The SMILES string of the molecule is CCOc1ccc(CNC(=O)/C(=C/c2ccco2)NC(=O)c2ccccc2)cc1. The summed E-state index contributed by atoms with van der Waals surface area (Å²) in [5.74, 6) is 0.444. The molecule has 1 heterocycles. The predicted molar refractivity (Wildman–Crippen MR) is 110 cm³/mol. The highest BCUT2D eigenvalue weighted by atomic mass is 16.5. The van der Waals surface area contributed by atoms with Crippen LogP contribution in [0, 0.1) is 0 Å². The van der Waals surface area contributed by atoms with Crippen LogP contribution in [0.25, 0.3) is 6.08 Å². The Kier molecular flexibility index (Phi) is 6.84. The maximum Gasteiger partial charge on any atom is 0.268 e. The summed E-state index contributed by atoms with van der Waals surface area (Å²) in [6, 6.07) is 19.6. The molecule has 6 heteroatoms. The zero-order chi connectivity index (χ0) is 20.5. The molecule has 2 N–H and O–H groups in total. The Morgan fingerprint density at radius 3 is 2.41 bits per heavy atom. The van der Waals surface area contributed by atoms with Crippen molar-refractivity contribution in [3.8, 4) is 5.75 Å². The monoisotopic (exact) mass is 390 g/mol. The van der Waals surface area contributed by atoms with E-state index in [-0.39, 0.29) is 11.6 Å². The van der Waals surface area contributed by atoms with Crippen LogP contribution in [0.15, 0.2) is 83.1 Å². The van der Waals surface area contributed by atoms with Crippen LogP contribution in [-0.4, -0.2) is 18.4 Å². The van der Waals surface area contributed by atoms with Gasteiger partial charge in [0.15, 0.2) is 0 Å². The normalized spacial score (nSPS) is 11.0. The summed E-state index contributed by atoms with van der Waals surface area (Å²) in [5.41, 5.74) is 1.46. The summed E-state index contributed by atoms with van der Waals surface area (Å²) in [6.45, 7) is 2.82. The molecule has 0 aliphatic carbocycles. The van der Waals surface area contributed by atoms with Gasteiger partial charge in [0, 0.05) is 18.2 Å². The zero-order valence-electron chi connectivity index (χ0n) is 16.1. The molecular formula is C23H22N2O4. The molecule has 0 aliphatic heterocycles. The number of hydrogen-bond donors (Lipinski definition) is 2. The number of rotatable bonds is 8. The molecule has 0 atom stereocenters. The second-order valence-electron chi connectivity index (χ2n) is 6.15. The molecule has 2 amide bonds. The minimum absolute atomic E-state index is 0.0970. The minimum atomic E-state index is -0.417. The van der Waals surface area contributed by atoms with Crippen LogP contribution in [0.4, 0.5) is 0 Å². The van der Waals surface area contributed by atoms with Crippen LogP contribution in [-0.2, 0) is 11.3 Å². The van der Waals surface area contributed by atoms with E-state index in [4.69, 9.17) is 9.15 Å². The Labute approximate surface area is 169 Å². The van der Waals surface area contributed by atoms with Gasteiger partial charge in [-0.1, -0.05) is 30.3 Å². The lowest BCUT2D eigenvalue weighted by molar-refractivity contribution is -0.117. The van der Waals surface area contributed by atoms with Crippen LogP contribution < -0.4 is 15.4 Å². The topological polar surface area (TPSA) is 80.6 Å². The van der Waals surface area contributed by atoms with Crippen molar-refractivity contribution in [2.75, 3.05) is 6.61 Å². The van der Waals surface area contributed by atoms with E-state index in [0.29, 0.717) is 24.5 Å². The molecule has 3 aromatic rings. The molecule has 0 saturated carbocycles. The van der Waals surface area contributed by atoms with Crippen molar-refractivity contribution in [2.24, 2.45) is 0 Å². The van der Waals surface area contributed by atoms with E-state index in [2.05, 4.69) is 10.6 Å². The van der Waals surface area contributed by atoms with Crippen molar-refractivity contribution in [3.05, 3.63) is 95.6 Å². The van der Waals surface area contributed by atoms with Crippen LogP contribution >= 0.6 is 0 Å². The highest BCUT2D eigenvalue weighted by Gasteiger charge is 2.15. The smallest absolute Gasteiger partial charge is 0.268 e. The summed E-state index contributed by atoms with van der Waals surface area (Å²) < 4.78 is 10.7. The van der Waals surface area contributed by atoms with Crippen molar-refractivity contribution in [1.82, 2.24) is 10.6 Å². The van der Waals surface area contributed by atoms with Crippen molar-refractivity contribution >= 4 is 17.9 Å². The summed E-state index contributed by atoms with van der Waals surface area (Å²) in [7, 11) is 0. The van der Waals surface area contributed by atoms with Crippen LogP contribution in [0.1, 0.15) is 28.6 Å². The second kappa shape index (κ2) is 9.94. The third kappa shape index (κ3) is 5.84. The second-order valence-corrected chi connectivity index (χ2v) is 6.15. The van der Waals surface area contributed by atoms with E-state index >= 15 is 0 Å². The van der Waals surface area contributed by atoms with Gasteiger partial charge in [-0.3, -0.25) is 9.59 Å². The molecule has 1 aromatic heterocycles. The number of hydrogen-bond acceptors (Lipinski definition) is 4. The molecular weight excluding hydrogens is 368 g/mol. The van der Waals surface area contributed by atoms with Crippen LogP contribution in [0.5, 0.6) is 5.75 Å². The van der Waals surface area contributed by atoms with Gasteiger partial charge in [0.2, 0.25) is 0 Å². The fraction of sp³-hybridized carbons (Fsp3) is 0.130. The maximum absolute atomic E-state index is 12.7. The highest BCUT2D eigenvalue weighted by Crippen LogP contribution is 2.12. The molecule has 2 aromatic carbocycles. The van der Waals surface area contributed by atoms with Crippen LogP contribution in [0.3, 0.4) is 0 Å². The van der Waals surface area contributed by atoms with E-state index < -0.39 is 5.91 Å². The number of benzene rings is 2. The molecule has 0 fully saturated rings. The fourth-order valence-electron chi connectivity index (χ4n) is 2.61. The maximum atomic E-state index is 12.7. The zero-order valence-corrected chi connectivity index (χ0v) is 16.1. The largest absolute Gasteiger partial charge is 0.494 e. The Morgan fingerprint density at radius 2 is 1.76 bits per heavy atom. The van der Waals surface area contributed by atoms with Crippen molar-refractivity contribution in [1.29, 1.82) is 0 Å². The molecule has 3 rings (SSSR count). The van der Waals surface area contributed by atoms with E-state index in [9.17, 15) is 9.59 Å². The summed E-state index contributed by atoms with van der Waals surface area (Å²) in [5, 5.41) is 5.48. The van der Waals surface area contributed by atoms with Gasteiger partial charge in [-0.15, -0.1) is 0 Å². The number of ether oxygens (including phenoxy) is 1. The molecule has 0 spiro atoms. The van der Waals surface area contributed by atoms with Crippen molar-refractivity contribution in [2.45, 2.75) is 13.5 Å². The first-order valence-corrected chi connectivity index (χ1v) is 9.27.